The zero-order chi connectivity index (χ0) is 9.68. The topological polar surface area (TPSA) is 17.1 Å². The normalized spacial score (nSPS) is 23.5. The number of carbonyl (C=O) groups is 1. The van der Waals surface area contributed by atoms with E-state index >= 15 is 0 Å². The molecule has 1 aliphatic carbocycles. The molecule has 0 saturated heterocycles. The molecule has 0 aromatic rings. The molecule has 0 N–H and O–H groups in total. The minimum Gasteiger partial charge on any atom is -0.294 e. The second kappa shape index (κ2) is 4.61. The molecular formula is C12H14O. The van der Waals surface area contributed by atoms with Crippen LogP contribution in [-0.4, -0.2) is 5.78 Å². The summed E-state index contributed by atoms with van der Waals surface area (Å²) in [4.78, 5) is 11.5. The lowest BCUT2D eigenvalue weighted by atomic mass is 9.88. The SMILES string of the molecule is C=CC=C1CCCC(=O)C1=CC=C. The predicted octanol–water partition coefficient (Wildman–Crippen LogP) is 2.96. The van der Waals surface area contributed by atoms with Crippen molar-refractivity contribution in [3.63, 3.8) is 0 Å². The maximum Gasteiger partial charge on any atom is 0.163 e. The van der Waals surface area contributed by atoms with Gasteiger partial charge in [-0.3, -0.25) is 4.79 Å². The van der Waals surface area contributed by atoms with Gasteiger partial charge >= 0.3 is 0 Å². The Morgan fingerprint density at radius 2 is 1.77 bits per heavy atom. The molecule has 0 atom stereocenters. The first kappa shape index (κ1) is 9.72. The van der Waals surface area contributed by atoms with Crippen LogP contribution in [0.2, 0.25) is 0 Å². The average molecular weight is 174 g/mol. The fourth-order valence-electron chi connectivity index (χ4n) is 1.52. The lowest BCUT2D eigenvalue weighted by molar-refractivity contribution is -0.115. The van der Waals surface area contributed by atoms with E-state index in [1.54, 1.807) is 18.2 Å². The molecule has 0 radical (unpaired) electrons. The van der Waals surface area contributed by atoms with Gasteiger partial charge in [-0.05, 0) is 18.4 Å². The molecule has 0 heterocycles. The van der Waals surface area contributed by atoms with E-state index in [4.69, 9.17) is 0 Å². The maximum atomic E-state index is 11.5. The molecule has 1 rings (SSSR count). The highest BCUT2D eigenvalue weighted by Crippen LogP contribution is 2.25. The van der Waals surface area contributed by atoms with Crippen molar-refractivity contribution in [3.8, 4) is 0 Å². The Morgan fingerprint density at radius 1 is 1.08 bits per heavy atom. The molecule has 1 heteroatoms. The van der Waals surface area contributed by atoms with Crippen LogP contribution in [-0.2, 0) is 4.79 Å². The van der Waals surface area contributed by atoms with Gasteiger partial charge in [-0.2, -0.15) is 0 Å². The lowest BCUT2D eigenvalue weighted by Gasteiger charge is -2.15. The van der Waals surface area contributed by atoms with Gasteiger partial charge in [0.1, 0.15) is 0 Å². The van der Waals surface area contributed by atoms with Crippen LogP contribution in [0.3, 0.4) is 0 Å². The first-order valence-electron chi connectivity index (χ1n) is 4.47. The molecule has 1 fully saturated rings. The predicted molar refractivity (Wildman–Crippen MR) is 55.4 cm³/mol. The van der Waals surface area contributed by atoms with E-state index in [9.17, 15) is 4.79 Å². The highest BCUT2D eigenvalue weighted by atomic mass is 16.1. The summed E-state index contributed by atoms with van der Waals surface area (Å²) in [7, 11) is 0. The summed E-state index contributed by atoms with van der Waals surface area (Å²) in [5.41, 5.74) is 1.90. The highest BCUT2D eigenvalue weighted by Gasteiger charge is 2.18. The van der Waals surface area contributed by atoms with E-state index in [-0.39, 0.29) is 5.78 Å². The van der Waals surface area contributed by atoms with Gasteiger partial charge in [-0.25, -0.2) is 0 Å². The zero-order valence-electron chi connectivity index (χ0n) is 7.75. The van der Waals surface area contributed by atoms with Crippen molar-refractivity contribution in [1.29, 1.82) is 0 Å². The van der Waals surface area contributed by atoms with Gasteiger partial charge in [0.25, 0.3) is 0 Å². The first-order valence-corrected chi connectivity index (χ1v) is 4.47. The van der Waals surface area contributed by atoms with Crippen LogP contribution >= 0.6 is 0 Å². The van der Waals surface area contributed by atoms with Gasteiger partial charge in [-0.15, -0.1) is 0 Å². The third-order valence-electron chi connectivity index (χ3n) is 2.10. The van der Waals surface area contributed by atoms with Crippen LogP contribution in [0.1, 0.15) is 19.3 Å². The number of hydrogen-bond acceptors (Lipinski definition) is 1. The summed E-state index contributed by atoms with van der Waals surface area (Å²) >= 11 is 0. The Balaban J connectivity index is 2.99. The van der Waals surface area contributed by atoms with E-state index in [2.05, 4.69) is 13.2 Å². The largest absolute Gasteiger partial charge is 0.294 e. The lowest BCUT2D eigenvalue weighted by Crippen LogP contribution is -2.11. The molecule has 0 bridgehead atoms. The fraction of sp³-hybridized carbons (Fsp3) is 0.250. The van der Waals surface area contributed by atoms with E-state index in [1.807, 2.05) is 6.08 Å². The molecule has 1 aliphatic rings. The second-order valence-electron chi connectivity index (χ2n) is 3.02. The summed E-state index contributed by atoms with van der Waals surface area (Å²) in [5, 5.41) is 0. The van der Waals surface area contributed by atoms with Gasteiger partial charge in [0.05, 0.1) is 0 Å². The molecule has 1 nitrogen and oxygen atoms in total. The van der Waals surface area contributed by atoms with Crippen molar-refractivity contribution in [1.82, 2.24) is 0 Å². The summed E-state index contributed by atoms with van der Waals surface area (Å²) in [6.07, 6.45) is 9.67. The molecule has 13 heavy (non-hydrogen) atoms. The van der Waals surface area contributed by atoms with Crippen LogP contribution in [0.25, 0.3) is 0 Å². The third kappa shape index (κ3) is 2.28. The maximum absolute atomic E-state index is 11.5. The third-order valence-corrected chi connectivity index (χ3v) is 2.10. The molecule has 0 spiro atoms. The minimum absolute atomic E-state index is 0.222. The summed E-state index contributed by atoms with van der Waals surface area (Å²) in [6, 6.07) is 0. The fourth-order valence-corrected chi connectivity index (χ4v) is 1.52. The summed E-state index contributed by atoms with van der Waals surface area (Å²) in [6.45, 7) is 7.24. The van der Waals surface area contributed by atoms with Crippen molar-refractivity contribution < 1.29 is 4.79 Å². The summed E-state index contributed by atoms with van der Waals surface area (Å²) < 4.78 is 0. The Labute approximate surface area is 79.2 Å². The number of allylic oxidation sites excluding steroid dienone is 6. The molecule has 0 amide bonds. The number of Topliss-reactive ketones (excluding diaryl/α,β-unsaturated/α-hetero) is 1. The van der Waals surface area contributed by atoms with Gasteiger partial charge in [0.15, 0.2) is 5.78 Å². The standard InChI is InChI=1S/C12H14O/c1-3-6-10-8-5-9-12(13)11(10)7-4-2/h3-4,6-7H,1-2,5,8-9H2. The van der Waals surface area contributed by atoms with Crippen LogP contribution in [0.5, 0.6) is 0 Å². The van der Waals surface area contributed by atoms with Gasteiger partial charge in [0.2, 0.25) is 0 Å². The zero-order valence-corrected chi connectivity index (χ0v) is 7.75. The van der Waals surface area contributed by atoms with Crippen molar-refractivity contribution in [2.45, 2.75) is 19.3 Å². The van der Waals surface area contributed by atoms with E-state index in [0.29, 0.717) is 6.42 Å². The number of ketones is 1. The van der Waals surface area contributed by atoms with Crippen molar-refractivity contribution in [3.05, 3.63) is 48.6 Å². The molecule has 0 aromatic heterocycles. The van der Waals surface area contributed by atoms with Crippen molar-refractivity contribution >= 4 is 5.78 Å². The smallest absolute Gasteiger partial charge is 0.163 e. The molecule has 0 unspecified atom stereocenters. The minimum atomic E-state index is 0.222. The van der Waals surface area contributed by atoms with Crippen LogP contribution in [0, 0.1) is 0 Å². The van der Waals surface area contributed by atoms with Crippen molar-refractivity contribution in [2.24, 2.45) is 0 Å². The first-order chi connectivity index (χ1) is 6.29. The molecule has 68 valence electrons. The Bertz CT molecular complexity index is 292. The Hall–Kier alpha value is -1.37. The van der Waals surface area contributed by atoms with Crippen LogP contribution < -0.4 is 0 Å². The molecule has 1 saturated carbocycles. The van der Waals surface area contributed by atoms with E-state index in [1.165, 1.54) is 0 Å². The van der Waals surface area contributed by atoms with Gasteiger partial charge < -0.3 is 0 Å². The monoisotopic (exact) mass is 174 g/mol. The van der Waals surface area contributed by atoms with Gasteiger partial charge in [-0.1, -0.05) is 37.5 Å². The molecular weight excluding hydrogens is 160 g/mol. The Kier molecular flexibility index (Phi) is 3.44. The van der Waals surface area contributed by atoms with Crippen LogP contribution in [0.4, 0.5) is 0 Å². The molecule has 0 aromatic carbocycles. The second-order valence-corrected chi connectivity index (χ2v) is 3.02. The average Bonchev–Trinajstić information content (AvgIpc) is 2.11. The quantitative estimate of drug-likeness (QED) is 0.588. The molecule has 0 aliphatic heterocycles. The summed E-state index contributed by atoms with van der Waals surface area (Å²) in [5.74, 6) is 0.222. The Morgan fingerprint density at radius 3 is 2.38 bits per heavy atom. The van der Waals surface area contributed by atoms with Crippen molar-refractivity contribution in [2.75, 3.05) is 0 Å². The van der Waals surface area contributed by atoms with E-state index < -0.39 is 0 Å². The van der Waals surface area contributed by atoms with Crippen LogP contribution in [0.15, 0.2) is 48.6 Å². The van der Waals surface area contributed by atoms with E-state index in [0.717, 1.165) is 24.0 Å². The number of carbonyl (C=O) groups excluding carboxylic acids is 1. The number of hydrogen-bond donors (Lipinski definition) is 0. The number of rotatable bonds is 2. The van der Waals surface area contributed by atoms with Gasteiger partial charge in [0, 0.05) is 12.0 Å². The highest BCUT2D eigenvalue weighted by molar-refractivity contribution is 6.00.